The van der Waals surface area contributed by atoms with Crippen molar-refractivity contribution >= 4 is 17.5 Å². The molecule has 0 spiro atoms. The van der Waals surface area contributed by atoms with Gasteiger partial charge >= 0.3 is 0 Å². The van der Waals surface area contributed by atoms with Gasteiger partial charge in [0, 0.05) is 44.4 Å². The van der Waals surface area contributed by atoms with Crippen molar-refractivity contribution in [2.75, 3.05) is 45.9 Å². The highest BCUT2D eigenvalue weighted by molar-refractivity contribution is 6.31. The zero-order chi connectivity index (χ0) is 16.8. The van der Waals surface area contributed by atoms with Gasteiger partial charge in [-0.3, -0.25) is 9.69 Å². The average Bonchev–Trinajstić information content (AvgIpc) is 2.55. The van der Waals surface area contributed by atoms with E-state index in [2.05, 4.69) is 4.90 Å². The third kappa shape index (κ3) is 5.14. The van der Waals surface area contributed by atoms with E-state index in [0.29, 0.717) is 51.0 Å². The van der Waals surface area contributed by atoms with Crippen LogP contribution in [-0.4, -0.2) is 72.9 Å². The molecule has 1 aliphatic rings. The lowest BCUT2D eigenvalue weighted by molar-refractivity contribution is 0.0111. The van der Waals surface area contributed by atoms with Crippen LogP contribution in [0.2, 0.25) is 5.02 Å². The first-order valence-corrected chi connectivity index (χ1v) is 8.11. The molecule has 1 aromatic carbocycles. The molecule has 0 saturated carbocycles. The summed E-state index contributed by atoms with van der Waals surface area (Å²) in [5.74, 6) is -0.909. The number of hydrogen-bond donors (Lipinski definition) is 1. The third-order valence-electron chi connectivity index (χ3n) is 3.80. The zero-order valence-corrected chi connectivity index (χ0v) is 13.9. The van der Waals surface area contributed by atoms with Gasteiger partial charge in [0.05, 0.1) is 18.3 Å². The molecule has 0 aliphatic carbocycles. The molecule has 1 fully saturated rings. The van der Waals surface area contributed by atoms with E-state index in [4.69, 9.17) is 16.3 Å². The van der Waals surface area contributed by atoms with E-state index in [1.165, 1.54) is 18.2 Å². The molecule has 0 aromatic heterocycles. The minimum Gasteiger partial charge on any atom is -0.389 e. The molecular formula is C16H22ClFN2O3. The number of hydrogen-bond acceptors (Lipinski definition) is 4. The quantitative estimate of drug-likeness (QED) is 0.852. The van der Waals surface area contributed by atoms with Gasteiger partial charge in [-0.2, -0.15) is 0 Å². The number of halogens is 2. The number of ether oxygens (including phenoxy) is 1. The van der Waals surface area contributed by atoms with Gasteiger partial charge in [0.2, 0.25) is 0 Å². The van der Waals surface area contributed by atoms with Gasteiger partial charge in [-0.25, -0.2) is 4.39 Å². The Labute approximate surface area is 140 Å². The van der Waals surface area contributed by atoms with Crippen LogP contribution in [0.25, 0.3) is 0 Å². The van der Waals surface area contributed by atoms with Crippen LogP contribution in [0.5, 0.6) is 0 Å². The number of nitrogens with zero attached hydrogens (tertiary/aromatic N) is 2. The Morgan fingerprint density at radius 2 is 2.09 bits per heavy atom. The number of piperazine rings is 1. The van der Waals surface area contributed by atoms with Gasteiger partial charge in [0.25, 0.3) is 5.91 Å². The molecule has 1 aromatic rings. The monoisotopic (exact) mass is 344 g/mol. The van der Waals surface area contributed by atoms with Crippen LogP contribution in [0.4, 0.5) is 4.39 Å². The second kappa shape index (κ2) is 8.59. The summed E-state index contributed by atoms with van der Waals surface area (Å²) in [4.78, 5) is 16.1. The number of amides is 1. The molecule has 128 valence electrons. The van der Waals surface area contributed by atoms with E-state index in [9.17, 15) is 14.3 Å². The number of β-amino-alcohol motifs (C(OH)–C–C–N with tert-alkyl or cyclic N) is 1. The van der Waals surface area contributed by atoms with Crippen molar-refractivity contribution in [1.82, 2.24) is 9.80 Å². The largest absolute Gasteiger partial charge is 0.389 e. The van der Waals surface area contributed by atoms with Gasteiger partial charge in [-0.05, 0) is 25.1 Å². The molecule has 2 rings (SSSR count). The van der Waals surface area contributed by atoms with Crippen LogP contribution in [0, 0.1) is 5.82 Å². The van der Waals surface area contributed by atoms with E-state index >= 15 is 0 Å². The predicted octanol–water partition coefficient (Wildman–Crippen LogP) is 1.63. The summed E-state index contributed by atoms with van der Waals surface area (Å²) in [6, 6.07) is 3.98. The number of carbonyl (C=O) groups excluding carboxylic acids is 1. The molecule has 1 atom stereocenters. The topological polar surface area (TPSA) is 53.0 Å². The zero-order valence-electron chi connectivity index (χ0n) is 13.2. The highest BCUT2D eigenvalue weighted by Crippen LogP contribution is 2.17. The lowest BCUT2D eigenvalue weighted by atomic mass is 10.1. The fraction of sp³-hybridized carbons (Fsp3) is 0.562. The van der Waals surface area contributed by atoms with Crippen molar-refractivity contribution in [2.24, 2.45) is 0 Å². The molecule has 1 amide bonds. The van der Waals surface area contributed by atoms with Gasteiger partial charge < -0.3 is 14.7 Å². The van der Waals surface area contributed by atoms with Crippen LogP contribution in [-0.2, 0) is 4.74 Å². The summed E-state index contributed by atoms with van der Waals surface area (Å²) in [6.45, 7) is 5.53. The number of aliphatic hydroxyl groups is 1. The van der Waals surface area contributed by atoms with Gasteiger partial charge in [-0.1, -0.05) is 11.6 Å². The Morgan fingerprint density at radius 1 is 1.39 bits per heavy atom. The SMILES string of the molecule is CCOCC(O)CN1CCN(C(=O)c2cc(Cl)ccc2F)CC1. The Hall–Kier alpha value is -1.21. The molecule has 1 heterocycles. The molecule has 23 heavy (non-hydrogen) atoms. The van der Waals surface area contributed by atoms with Crippen LogP contribution >= 0.6 is 11.6 Å². The number of carbonyl (C=O) groups is 1. The predicted molar refractivity (Wildman–Crippen MR) is 86.3 cm³/mol. The first kappa shape index (κ1) is 18.1. The highest BCUT2D eigenvalue weighted by atomic mass is 35.5. The van der Waals surface area contributed by atoms with Crippen molar-refractivity contribution in [1.29, 1.82) is 0 Å². The molecule has 0 bridgehead atoms. The van der Waals surface area contributed by atoms with Crippen molar-refractivity contribution in [2.45, 2.75) is 13.0 Å². The maximum Gasteiger partial charge on any atom is 0.256 e. The fourth-order valence-corrected chi connectivity index (χ4v) is 2.74. The number of rotatable bonds is 6. The molecule has 1 N–H and O–H groups in total. The van der Waals surface area contributed by atoms with Gasteiger partial charge in [0.1, 0.15) is 5.82 Å². The van der Waals surface area contributed by atoms with E-state index in [0.717, 1.165) is 0 Å². The van der Waals surface area contributed by atoms with E-state index in [1.54, 1.807) is 4.90 Å². The number of aliphatic hydroxyl groups excluding tert-OH is 1. The normalized spacial score (nSPS) is 17.3. The number of benzene rings is 1. The van der Waals surface area contributed by atoms with Gasteiger partial charge in [-0.15, -0.1) is 0 Å². The molecule has 5 nitrogen and oxygen atoms in total. The lowest BCUT2D eigenvalue weighted by Gasteiger charge is -2.35. The molecule has 0 radical (unpaired) electrons. The molecule has 1 aliphatic heterocycles. The summed E-state index contributed by atoms with van der Waals surface area (Å²) >= 11 is 5.84. The Bertz CT molecular complexity index is 536. The van der Waals surface area contributed by atoms with Crippen LogP contribution in [0.3, 0.4) is 0 Å². The van der Waals surface area contributed by atoms with E-state index < -0.39 is 11.9 Å². The molecular weight excluding hydrogens is 323 g/mol. The third-order valence-corrected chi connectivity index (χ3v) is 4.04. The van der Waals surface area contributed by atoms with E-state index in [1.807, 2.05) is 6.92 Å². The first-order chi connectivity index (χ1) is 11.0. The van der Waals surface area contributed by atoms with Crippen molar-refractivity contribution < 1.29 is 19.0 Å². The smallest absolute Gasteiger partial charge is 0.256 e. The van der Waals surface area contributed by atoms with Gasteiger partial charge in [0.15, 0.2) is 0 Å². The van der Waals surface area contributed by atoms with Crippen LogP contribution in [0.15, 0.2) is 18.2 Å². The standard InChI is InChI=1S/C16H22ClFN2O3/c1-2-23-11-13(21)10-19-5-7-20(8-6-19)16(22)14-9-12(17)3-4-15(14)18/h3-4,9,13,21H,2,5-8,10-11H2,1H3. The van der Waals surface area contributed by atoms with Crippen molar-refractivity contribution in [3.63, 3.8) is 0 Å². The maximum absolute atomic E-state index is 13.8. The minimum atomic E-state index is -0.561. The Kier molecular flexibility index (Phi) is 6.77. The first-order valence-electron chi connectivity index (χ1n) is 7.73. The maximum atomic E-state index is 13.8. The summed E-state index contributed by atoms with van der Waals surface area (Å²) in [6.07, 6.45) is -0.539. The Balaban J connectivity index is 1.86. The van der Waals surface area contributed by atoms with Crippen LogP contribution in [0.1, 0.15) is 17.3 Å². The molecule has 1 saturated heterocycles. The van der Waals surface area contributed by atoms with Crippen molar-refractivity contribution in [3.05, 3.63) is 34.6 Å². The van der Waals surface area contributed by atoms with Crippen molar-refractivity contribution in [3.8, 4) is 0 Å². The molecule has 7 heteroatoms. The highest BCUT2D eigenvalue weighted by Gasteiger charge is 2.25. The lowest BCUT2D eigenvalue weighted by Crippen LogP contribution is -2.51. The summed E-state index contributed by atoms with van der Waals surface area (Å²) in [5.41, 5.74) is 0.00216. The Morgan fingerprint density at radius 3 is 2.74 bits per heavy atom. The second-order valence-electron chi connectivity index (χ2n) is 5.53. The van der Waals surface area contributed by atoms with E-state index in [-0.39, 0.29) is 11.5 Å². The fourth-order valence-electron chi connectivity index (χ4n) is 2.57. The second-order valence-corrected chi connectivity index (χ2v) is 5.97. The van der Waals surface area contributed by atoms with Crippen LogP contribution < -0.4 is 0 Å². The molecule has 1 unspecified atom stereocenters. The summed E-state index contributed by atoms with van der Waals surface area (Å²) in [5, 5.41) is 10.2. The minimum absolute atomic E-state index is 0.00216. The summed E-state index contributed by atoms with van der Waals surface area (Å²) in [7, 11) is 0. The summed E-state index contributed by atoms with van der Waals surface area (Å²) < 4.78 is 19.0. The average molecular weight is 345 g/mol.